The van der Waals surface area contributed by atoms with Crippen LogP contribution in [-0.4, -0.2) is 24.9 Å². The van der Waals surface area contributed by atoms with E-state index in [1.807, 2.05) is 0 Å². The van der Waals surface area contributed by atoms with Gasteiger partial charge in [-0.3, -0.25) is 4.68 Å². The summed E-state index contributed by atoms with van der Waals surface area (Å²) in [6.07, 6.45) is -2.72. The zero-order chi connectivity index (χ0) is 20.6. The van der Waals surface area contributed by atoms with Gasteiger partial charge in [0.1, 0.15) is 34.8 Å². The lowest BCUT2D eigenvalue weighted by Gasteiger charge is -2.08. The van der Waals surface area contributed by atoms with E-state index in [1.54, 1.807) is 24.3 Å². The number of nitrogen functional groups attached to an aromatic ring is 1. The van der Waals surface area contributed by atoms with Crippen molar-refractivity contribution in [1.29, 1.82) is 0 Å². The van der Waals surface area contributed by atoms with Crippen LogP contribution in [0.15, 0.2) is 53.4 Å². The van der Waals surface area contributed by atoms with Crippen LogP contribution in [0.5, 0.6) is 0 Å². The summed E-state index contributed by atoms with van der Waals surface area (Å²) in [6, 6.07) is 9.23. The van der Waals surface area contributed by atoms with Gasteiger partial charge in [0, 0.05) is 17.8 Å². The zero-order valence-corrected chi connectivity index (χ0v) is 14.6. The molecule has 2 N–H and O–H groups in total. The highest BCUT2D eigenvalue weighted by molar-refractivity contribution is 5.63. The van der Waals surface area contributed by atoms with Crippen LogP contribution in [0.2, 0.25) is 0 Å². The molecule has 11 heteroatoms. The van der Waals surface area contributed by atoms with E-state index in [-0.39, 0.29) is 18.1 Å². The minimum Gasteiger partial charge on any atom is -0.383 e. The first-order chi connectivity index (χ1) is 13.8. The second-order valence-electron chi connectivity index (χ2n) is 6.04. The number of hydrogen-bond acceptors (Lipinski definition) is 6. The van der Waals surface area contributed by atoms with Crippen LogP contribution in [0.4, 0.5) is 23.4 Å². The van der Waals surface area contributed by atoms with Crippen molar-refractivity contribution < 1.29 is 22.1 Å². The van der Waals surface area contributed by atoms with Crippen molar-refractivity contribution in [1.82, 2.24) is 24.9 Å². The summed E-state index contributed by atoms with van der Waals surface area (Å²) in [5, 5.41) is 8.15. The van der Waals surface area contributed by atoms with E-state index in [4.69, 9.17) is 10.3 Å². The van der Waals surface area contributed by atoms with Crippen LogP contribution in [0, 0.1) is 5.82 Å². The molecule has 0 bridgehead atoms. The smallest absolute Gasteiger partial charge is 0.383 e. The van der Waals surface area contributed by atoms with Crippen molar-refractivity contribution in [3.05, 3.63) is 65.8 Å². The predicted octanol–water partition coefficient (Wildman–Crippen LogP) is 3.78. The fraction of sp³-hybridized carbons (Fsp3) is 0.111. The van der Waals surface area contributed by atoms with Crippen LogP contribution >= 0.6 is 0 Å². The van der Waals surface area contributed by atoms with E-state index in [9.17, 15) is 17.6 Å². The molecule has 1 aromatic carbocycles. The van der Waals surface area contributed by atoms with Crippen LogP contribution in [0.25, 0.3) is 22.9 Å². The Morgan fingerprint density at radius 1 is 1.10 bits per heavy atom. The molecule has 0 aliphatic heterocycles. The first-order valence-electron chi connectivity index (χ1n) is 8.25. The number of alkyl halides is 3. The molecule has 3 heterocycles. The molecule has 0 saturated carbocycles. The maximum absolute atomic E-state index is 14.1. The summed E-state index contributed by atoms with van der Waals surface area (Å²) in [5.74, 6) is -1.24. The Hall–Kier alpha value is -3.76. The zero-order valence-electron chi connectivity index (χ0n) is 14.6. The lowest BCUT2D eigenvalue weighted by molar-refractivity contribution is -0.137. The van der Waals surface area contributed by atoms with E-state index in [2.05, 4.69) is 20.2 Å². The van der Waals surface area contributed by atoms with Crippen LogP contribution < -0.4 is 5.73 Å². The van der Waals surface area contributed by atoms with Gasteiger partial charge in [0.25, 0.3) is 0 Å². The number of aromatic nitrogens is 5. The molecule has 0 aliphatic carbocycles. The Kier molecular flexibility index (Phi) is 4.49. The molecule has 0 saturated heterocycles. The molecule has 0 amide bonds. The molecule has 4 rings (SSSR count). The molecule has 0 atom stereocenters. The highest BCUT2D eigenvalue weighted by Crippen LogP contribution is 2.33. The van der Waals surface area contributed by atoms with Gasteiger partial charge in [-0.05, 0) is 12.1 Å². The third-order valence-corrected chi connectivity index (χ3v) is 4.11. The second kappa shape index (κ2) is 7.00. The highest BCUT2D eigenvalue weighted by Gasteiger charge is 2.34. The standard InChI is InChI=1S/C18H12F4N6O/c19-12-4-2-1-3-10(12)9-28-15(13-5-6-29-27-13)7-14(26-28)17-24-8-11(16(23)25-17)18(20,21)22/h1-8H,9H2,(H2,23,24,25). The second-order valence-corrected chi connectivity index (χ2v) is 6.04. The maximum atomic E-state index is 14.1. The van der Waals surface area contributed by atoms with Crippen molar-refractivity contribution in [2.24, 2.45) is 0 Å². The number of rotatable bonds is 4. The third kappa shape index (κ3) is 3.66. The minimum absolute atomic E-state index is 0.0466. The Morgan fingerprint density at radius 3 is 2.55 bits per heavy atom. The molecule has 0 unspecified atom stereocenters. The summed E-state index contributed by atoms with van der Waals surface area (Å²) in [4.78, 5) is 7.45. The maximum Gasteiger partial charge on any atom is 0.421 e. The van der Waals surface area contributed by atoms with E-state index < -0.39 is 23.4 Å². The summed E-state index contributed by atoms with van der Waals surface area (Å²) in [5.41, 5.74) is 5.67. The molecular formula is C18H12F4N6O. The summed E-state index contributed by atoms with van der Waals surface area (Å²) in [7, 11) is 0. The molecule has 0 radical (unpaired) electrons. The van der Waals surface area contributed by atoms with Crippen molar-refractivity contribution in [2.75, 3.05) is 5.73 Å². The Labute approximate surface area is 160 Å². The highest BCUT2D eigenvalue weighted by atomic mass is 19.4. The molecule has 3 aromatic heterocycles. The van der Waals surface area contributed by atoms with E-state index in [1.165, 1.54) is 23.1 Å². The van der Waals surface area contributed by atoms with Gasteiger partial charge in [-0.1, -0.05) is 23.4 Å². The number of nitrogens with two attached hydrogens (primary N) is 1. The third-order valence-electron chi connectivity index (χ3n) is 4.11. The molecule has 7 nitrogen and oxygen atoms in total. The number of halogens is 4. The summed E-state index contributed by atoms with van der Waals surface area (Å²) < 4.78 is 59.0. The van der Waals surface area contributed by atoms with E-state index in [0.29, 0.717) is 23.1 Å². The molecule has 0 spiro atoms. The first-order valence-corrected chi connectivity index (χ1v) is 8.25. The van der Waals surface area contributed by atoms with Gasteiger partial charge in [-0.15, -0.1) is 0 Å². The van der Waals surface area contributed by atoms with Gasteiger partial charge in [-0.2, -0.15) is 18.3 Å². The Bertz CT molecular complexity index is 1150. The SMILES string of the molecule is Nc1nc(-c2cc(-c3ccon3)n(Cc3ccccc3F)n2)ncc1C(F)(F)F. The van der Waals surface area contributed by atoms with Gasteiger partial charge in [0.2, 0.25) is 0 Å². The Balaban J connectivity index is 1.78. The van der Waals surface area contributed by atoms with Gasteiger partial charge < -0.3 is 10.3 Å². The fourth-order valence-corrected chi connectivity index (χ4v) is 2.72. The van der Waals surface area contributed by atoms with Crippen LogP contribution in [0.1, 0.15) is 11.1 Å². The monoisotopic (exact) mass is 404 g/mol. The fourth-order valence-electron chi connectivity index (χ4n) is 2.72. The van der Waals surface area contributed by atoms with E-state index in [0.717, 1.165) is 0 Å². The quantitative estimate of drug-likeness (QED) is 0.520. The largest absolute Gasteiger partial charge is 0.421 e. The minimum atomic E-state index is -4.67. The molecular weight excluding hydrogens is 392 g/mol. The lowest BCUT2D eigenvalue weighted by atomic mass is 10.2. The number of hydrogen-bond donors (Lipinski definition) is 1. The molecule has 4 aromatic rings. The molecule has 0 aliphatic rings. The van der Waals surface area contributed by atoms with Gasteiger partial charge >= 0.3 is 6.18 Å². The predicted molar refractivity (Wildman–Crippen MR) is 93.7 cm³/mol. The number of nitrogens with zero attached hydrogens (tertiary/aromatic N) is 5. The van der Waals surface area contributed by atoms with Crippen molar-refractivity contribution >= 4 is 5.82 Å². The normalized spacial score (nSPS) is 11.7. The average molecular weight is 404 g/mol. The molecule has 0 fully saturated rings. The lowest BCUT2D eigenvalue weighted by Crippen LogP contribution is -2.12. The van der Waals surface area contributed by atoms with Crippen LogP contribution in [-0.2, 0) is 12.7 Å². The van der Waals surface area contributed by atoms with Gasteiger partial charge in [0.05, 0.1) is 12.2 Å². The summed E-state index contributed by atoms with van der Waals surface area (Å²) in [6.45, 7) is 0.0466. The van der Waals surface area contributed by atoms with Gasteiger partial charge in [-0.25, -0.2) is 14.4 Å². The summed E-state index contributed by atoms with van der Waals surface area (Å²) >= 11 is 0. The first kappa shape index (κ1) is 18.6. The number of benzene rings is 1. The van der Waals surface area contributed by atoms with Crippen molar-refractivity contribution in [3.63, 3.8) is 0 Å². The topological polar surface area (TPSA) is 95.7 Å². The molecule has 148 valence electrons. The Morgan fingerprint density at radius 2 is 1.90 bits per heavy atom. The molecule has 29 heavy (non-hydrogen) atoms. The van der Waals surface area contributed by atoms with Gasteiger partial charge in [0.15, 0.2) is 5.82 Å². The van der Waals surface area contributed by atoms with Crippen LogP contribution in [0.3, 0.4) is 0 Å². The van der Waals surface area contributed by atoms with Crippen molar-refractivity contribution in [3.8, 4) is 22.9 Å². The van der Waals surface area contributed by atoms with Crippen molar-refractivity contribution in [2.45, 2.75) is 12.7 Å². The number of anilines is 1. The van der Waals surface area contributed by atoms with E-state index >= 15 is 0 Å². The average Bonchev–Trinajstić information content (AvgIpc) is 3.32.